The maximum absolute atomic E-state index is 14.3. The third-order valence-corrected chi connectivity index (χ3v) is 12.6. The molecule has 3 rings (SSSR count). The lowest BCUT2D eigenvalue weighted by Gasteiger charge is -2.49. The molecule has 14 heteroatoms. The summed E-state index contributed by atoms with van der Waals surface area (Å²) in [6.07, 6.45) is -7.15. The van der Waals surface area contributed by atoms with E-state index >= 15 is 0 Å². The fourth-order valence-electron chi connectivity index (χ4n) is 9.27. The molecule has 0 saturated carbocycles. The second-order valence-corrected chi connectivity index (χ2v) is 18.3. The number of esters is 1. The SMILES string of the molecule is CCC1OC(=O)C(C)C(OC2CC(C)(OC)C(OC(C)C)C(C)O2)C(C)C(OC2OC(C)CC(N(C)C)C2O)C(C)(O)CC(C)CN(C)C(C)C(O)C1(C)O. The minimum atomic E-state index is -1.79. The highest BCUT2D eigenvalue weighted by Crippen LogP contribution is 2.41. The molecule has 3 aliphatic rings. The molecule has 324 valence electrons. The first-order chi connectivity index (χ1) is 25.3. The standard InChI is InChI=1S/C41H78N2O12/c1-17-30-41(12,48)34(45)27(8)43(15)21-23(4)19-39(10,47)35(55-38-32(44)29(42(13)14)18-24(5)51-38)25(6)33(26(7)37(46)53-30)54-31-20-40(11,49-16)36(28(9)52-31)50-22(2)3/h22-36,38,44-45,47-48H,17-21H2,1-16H3. The van der Waals surface area contributed by atoms with Crippen LogP contribution in [0.15, 0.2) is 0 Å². The van der Waals surface area contributed by atoms with Crippen molar-refractivity contribution in [3.63, 3.8) is 0 Å². The fourth-order valence-corrected chi connectivity index (χ4v) is 9.27. The number of hydrogen-bond donors (Lipinski definition) is 4. The van der Waals surface area contributed by atoms with Crippen LogP contribution in [-0.4, -0.2) is 167 Å². The van der Waals surface area contributed by atoms with Gasteiger partial charge in [-0.25, -0.2) is 0 Å². The number of carbonyl (C=O) groups excluding carboxylic acids is 1. The van der Waals surface area contributed by atoms with Crippen LogP contribution in [0.2, 0.25) is 0 Å². The number of likely N-dealkylation sites (N-methyl/N-ethyl adjacent to an activating group) is 2. The zero-order chi connectivity index (χ0) is 42.0. The molecule has 0 spiro atoms. The van der Waals surface area contributed by atoms with E-state index in [4.69, 9.17) is 33.2 Å². The lowest BCUT2D eigenvalue weighted by Crippen LogP contribution is -2.61. The average molecular weight is 791 g/mol. The van der Waals surface area contributed by atoms with Crippen LogP contribution in [0.5, 0.6) is 0 Å². The smallest absolute Gasteiger partial charge is 0.311 e. The molecule has 18 unspecified atom stereocenters. The summed E-state index contributed by atoms with van der Waals surface area (Å²) in [6.45, 7) is 22.5. The lowest BCUT2D eigenvalue weighted by atomic mass is 9.77. The van der Waals surface area contributed by atoms with Crippen molar-refractivity contribution in [3.05, 3.63) is 0 Å². The van der Waals surface area contributed by atoms with E-state index in [2.05, 4.69) is 0 Å². The molecule has 0 aromatic carbocycles. The normalized spacial score (nSPS) is 47.7. The van der Waals surface area contributed by atoms with E-state index in [-0.39, 0.29) is 43.4 Å². The number of carbonyl (C=O) groups is 1. The molecule has 4 N–H and O–H groups in total. The summed E-state index contributed by atoms with van der Waals surface area (Å²) in [4.78, 5) is 18.2. The monoisotopic (exact) mass is 791 g/mol. The van der Waals surface area contributed by atoms with Gasteiger partial charge in [-0.1, -0.05) is 20.8 Å². The molecule has 0 bridgehead atoms. The Hall–Kier alpha value is -1.01. The minimum absolute atomic E-state index is 0.0821. The molecule has 3 heterocycles. The van der Waals surface area contributed by atoms with Crippen LogP contribution in [0.3, 0.4) is 0 Å². The van der Waals surface area contributed by atoms with E-state index in [1.807, 2.05) is 86.3 Å². The van der Waals surface area contributed by atoms with Crippen LogP contribution < -0.4 is 0 Å². The van der Waals surface area contributed by atoms with Crippen molar-refractivity contribution in [2.24, 2.45) is 17.8 Å². The molecule has 3 saturated heterocycles. The lowest BCUT2D eigenvalue weighted by molar-refractivity contribution is -0.322. The van der Waals surface area contributed by atoms with Crippen LogP contribution >= 0.6 is 0 Å². The van der Waals surface area contributed by atoms with Crippen molar-refractivity contribution >= 4 is 5.97 Å². The first-order valence-corrected chi connectivity index (χ1v) is 20.5. The van der Waals surface area contributed by atoms with Gasteiger partial charge >= 0.3 is 5.97 Å². The Morgan fingerprint density at radius 3 is 2.13 bits per heavy atom. The molecule has 3 aliphatic heterocycles. The number of aliphatic hydroxyl groups excluding tert-OH is 2. The van der Waals surface area contributed by atoms with Gasteiger partial charge in [-0.05, 0) is 109 Å². The van der Waals surface area contributed by atoms with E-state index in [0.717, 1.165) is 0 Å². The van der Waals surface area contributed by atoms with E-state index < -0.39 is 96.0 Å². The second kappa shape index (κ2) is 19.4. The number of hydrogen-bond acceptors (Lipinski definition) is 14. The van der Waals surface area contributed by atoms with Crippen molar-refractivity contribution < 1.29 is 58.4 Å². The highest BCUT2D eigenvalue weighted by Gasteiger charge is 2.53. The van der Waals surface area contributed by atoms with Gasteiger partial charge in [0.1, 0.15) is 30.0 Å². The van der Waals surface area contributed by atoms with Crippen molar-refractivity contribution in [1.29, 1.82) is 0 Å². The van der Waals surface area contributed by atoms with Gasteiger partial charge in [-0.15, -0.1) is 0 Å². The summed E-state index contributed by atoms with van der Waals surface area (Å²) in [7, 11) is 7.28. The van der Waals surface area contributed by atoms with Crippen LogP contribution in [0.1, 0.15) is 109 Å². The van der Waals surface area contributed by atoms with Gasteiger partial charge in [0.25, 0.3) is 0 Å². The van der Waals surface area contributed by atoms with Crippen molar-refractivity contribution in [1.82, 2.24) is 9.80 Å². The Bertz CT molecular complexity index is 1210. The Kier molecular flexibility index (Phi) is 17.0. The Labute approximate surface area is 331 Å². The van der Waals surface area contributed by atoms with E-state index in [0.29, 0.717) is 13.0 Å². The first kappa shape index (κ1) is 48.4. The Morgan fingerprint density at radius 2 is 1.58 bits per heavy atom. The molecule has 55 heavy (non-hydrogen) atoms. The molecule has 14 nitrogen and oxygen atoms in total. The summed E-state index contributed by atoms with van der Waals surface area (Å²) in [5.41, 5.74) is -4.14. The number of nitrogens with zero attached hydrogens (tertiary/aromatic N) is 2. The summed E-state index contributed by atoms with van der Waals surface area (Å²) >= 11 is 0. The summed E-state index contributed by atoms with van der Waals surface area (Å²) in [5.74, 6) is -2.49. The largest absolute Gasteiger partial charge is 0.459 e. The van der Waals surface area contributed by atoms with Crippen LogP contribution in [0.4, 0.5) is 0 Å². The summed E-state index contributed by atoms with van der Waals surface area (Å²) < 4.78 is 44.8. The molecule has 18 atom stereocenters. The van der Waals surface area contributed by atoms with E-state index in [1.54, 1.807) is 27.9 Å². The number of methoxy groups -OCH3 is 1. The quantitative estimate of drug-likeness (QED) is 0.251. The third kappa shape index (κ3) is 11.4. The van der Waals surface area contributed by atoms with Crippen molar-refractivity contribution in [2.75, 3.05) is 34.8 Å². The zero-order valence-corrected chi connectivity index (χ0v) is 36.7. The van der Waals surface area contributed by atoms with E-state index in [9.17, 15) is 25.2 Å². The maximum atomic E-state index is 14.3. The van der Waals surface area contributed by atoms with Crippen LogP contribution in [0.25, 0.3) is 0 Å². The third-order valence-electron chi connectivity index (χ3n) is 12.6. The number of ether oxygens (including phenoxy) is 7. The molecule has 0 aromatic rings. The van der Waals surface area contributed by atoms with Gasteiger partial charge in [0.15, 0.2) is 12.6 Å². The molecule has 0 radical (unpaired) electrons. The van der Waals surface area contributed by atoms with Gasteiger partial charge in [0.05, 0.1) is 47.6 Å². The van der Waals surface area contributed by atoms with Gasteiger partial charge in [-0.3, -0.25) is 4.79 Å². The topological polar surface area (TPSA) is 169 Å². The van der Waals surface area contributed by atoms with E-state index in [1.165, 1.54) is 6.92 Å². The molecular weight excluding hydrogens is 712 g/mol. The summed E-state index contributed by atoms with van der Waals surface area (Å²) in [6, 6.07) is -0.791. The minimum Gasteiger partial charge on any atom is -0.459 e. The highest BCUT2D eigenvalue weighted by molar-refractivity contribution is 5.73. The van der Waals surface area contributed by atoms with Gasteiger partial charge in [-0.2, -0.15) is 0 Å². The highest BCUT2D eigenvalue weighted by atomic mass is 16.7. The van der Waals surface area contributed by atoms with Gasteiger partial charge in [0.2, 0.25) is 0 Å². The van der Waals surface area contributed by atoms with Gasteiger partial charge in [0, 0.05) is 38.1 Å². The summed E-state index contributed by atoms with van der Waals surface area (Å²) in [5, 5.41) is 47.5. The van der Waals surface area contributed by atoms with Crippen molar-refractivity contribution in [2.45, 2.75) is 205 Å². The molecular formula is C41H78N2O12. The number of rotatable bonds is 9. The Balaban J connectivity index is 2.18. The van der Waals surface area contributed by atoms with Crippen molar-refractivity contribution in [3.8, 4) is 0 Å². The fraction of sp³-hybridized carbons (Fsp3) is 0.976. The predicted molar refractivity (Wildman–Crippen MR) is 208 cm³/mol. The number of aliphatic hydroxyl groups is 4. The molecule has 0 aliphatic carbocycles. The number of cyclic esters (lactones) is 1. The van der Waals surface area contributed by atoms with Crippen LogP contribution in [-0.2, 0) is 38.0 Å². The first-order valence-electron chi connectivity index (χ1n) is 20.5. The van der Waals surface area contributed by atoms with Crippen LogP contribution in [0, 0.1) is 17.8 Å². The predicted octanol–water partition coefficient (Wildman–Crippen LogP) is 3.33. The maximum Gasteiger partial charge on any atom is 0.311 e. The molecule has 0 amide bonds. The average Bonchev–Trinajstić information content (AvgIpc) is 3.08. The van der Waals surface area contributed by atoms with Gasteiger partial charge < -0.3 is 63.4 Å². The second-order valence-electron chi connectivity index (χ2n) is 18.3. The molecule has 3 fully saturated rings. The zero-order valence-electron chi connectivity index (χ0n) is 36.7. The Morgan fingerprint density at radius 1 is 0.964 bits per heavy atom. The molecule has 0 aromatic heterocycles.